The highest BCUT2D eigenvalue weighted by molar-refractivity contribution is 6.13. The number of nitrogens with zero attached hydrogens (tertiary/aromatic N) is 2. The van der Waals surface area contributed by atoms with Crippen LogP contribution in [-0.2, 0) is 0 Å². The Bertz CT molecular complexity index is 871. The van der Waals surface area contributed by atoms with E-state index < -0.39 is 0 Å². The first-order chi connectivity index (χ1) is 12.3. The fraction of sp³-hybridized carbons (Fsp3) is 0.0476. The van der Waals surface area contributed by atoms with Crippen molar-refractivity contribution in [2.24, 2.45) is 5.10 Å². The van der Waals surface area contributed by atoms with Crippen LogP contribution in [0.25, 0.3) is 0 Å². The average Bonchev–Trinajstić information content (AvgIpc) is 2.70. The largest absolute Gasteiger partial charge is 0.497 e. The van der Waals surface area contributed by atoms with Gasteiger partial charge in [0, 0.05) is 17.2 Å². The third-order valence-electron chi connectivity index (χ3n) is 3.73. The van der Waals surface area contributed by atoms with Crippen LogP contribution in [0.15, 0.2) is 84.0 Å². The maximum absolute atomic E-state index is 9.34. The Kier molecular flexibility index (Phi) is 5.08. The molecule has 0 amide bonds. The number of benzene rings is 3. The van der Waals surface area contributed by atoms with Crippen LogP contribution < -0.4 is 10.2 Å². The highest BCUT2D eigenvalue weighted by Gasteiger charge is 2.08. The van der Waals surface area contributed by atoms with E-state index in [9.17, 15) is 5.26 Å². The third-order valence-corrected chi connectivity index (χ3v) is 3.73. The second kappa shape index (κ2) is 7.80. The van der Waals surface area contributed by atoms with Gasteiger partial charge in [0.15, 0.2) is 0 Å². The van der Waals surface area contributed by atoms with Crippen molar-refractivity contribution in [3.05, 3.63) is 95.6 Å². The molecule has 0 atom stereocenters. The molecule has 122 valence electrons. The first-order valence-electron chi connectivity index (χ1n) is 7.84. The molecule has 0 saturated carbocycles. The van der Waals surface area contributed by atoms with E-state index in [0.717, 1.165) is 16.8 Å². The van der Waals surface area contributed by atoms with Gasteiger partial charge in [-0.1, -0.05) is 60.7 Å². The monoisotopic (exact) mass is 327 g/mol. The molecule has 0 heterocycles. The molecule has 0 unspecified atom stereocenters. The Morgan fingerprint density at radius 3 is 2.04 bits per heavy atom. The highest BCUT2D eigenvalue weighted by atomic mass is 16.5. The van der Waals surface area contributed by atoms with Crippen molar-refractivity contribution in [3.63, 3.8) is 0 Å². The minimum Gasteiger partial charge on any atom is -0.497 e. The van der Waals surface area contributed by atoms with Gasteiger partial charge < -0.3 is 4.74 Å². The minimum absolute atomic E-state index is 0.476. The van der Waals surface area contributed by atoms with Crippen LogP contribution in [0.4, 0.5) is 5.69 Å². The molecule has 0 spiro atoms. The van der Waals surface area contributed by atoms with Gasteiger partial charge in [-0.2, -0.15) is 10.4 Å². The number of ether oxygens (including phenoxy) is 1. The van der Waals surface area contributed by atoms with Gasteiger partial charge in [-0.15, -0.1) is 0 Å². The molecule has 0 aliphatic carbocycles. The second-order valence-corrected chi connectivity index (χ2v) is 5.33. The Morgan fingerprint density at radius 1 is 0.920 bits per heavy atom. The van der Waals surface area contributed by atoms with E-state index in [2.05, 4.69) is 16.6 Å². The van der Waals surface area contributed by atoms with Gasteiger partial charge in [0.25, 0.3) is 0 Å². The van der Waals surface area contributed by atoms with Crippen molar-refractivity contribution in [3.8, 4) is 11.8 Å². The number of rotatable bonds is 5. The number of hydrogen-bond acceptors (Lipinski definition) is 4. The third kappa shape index (κ3) is 3.85. The number of nitrogens with one attached hydrogen (secondary N) is 1. The lowest BCUT2D eigenvalue weighted by Crippen LogP contribution is -2.07. The standard InChI is InChI=1S/C21H17N3O/c1-25-19-12-13-20(18(14-19)15-22)23-24-21(16-8-4-2-5-9-16)17-10-6-3-7-11-17/h2-14,23H,1H3. The maximum Gasteiger partial charge on any atom is 0.120 e. The Labute approximate surface area is 147 Å². The lowest BCUT2D eigenvalue weighted by molar-refractivity contribution is 0.414. The van der Waals surface area contributed by atoms with Crippen molar-refractivity contribution in [2.45, 2.75) is 0 Å². The van der Waals surface area contributed by atoms with Crippen LogP contribution in [0.5, 0.6) is 5.75 Å². The SMILES string of the molecule is COc1ccc(NN=C(c2ccccc2)c2ccccc2)c(C#N)c1. The summed E-state index contributed by atoms with van der Waals surface area (Å²) in [5.41, 5.74) is 6.92. The Hall–Kier alpha value is -3.58. The van der Waals surface area contributed by atoms with E-state index in [4.69, 9.17) is 4.74 Å². The van der Waals surface area contributed by atoms with Crippen molar-refractivity contribution in [1.82, 2.24) is 0 Å². The predicted octanol–water partition coefficient (Wildman–Crippen LogP) is 4.43. The van der Waals surface area contributed by atoms with E-state index in [0.29, 0.717) is 17.0 Å². The summed E-state index contributed by atoms with van der Waals surface area (Å²) in [6, 6.07) is 27.3. The molecule has 0 fully saturated rings. The number of hydrogen-bond donors (Lipinski definition) is 1. The summed E-state index contributed by atoms with van der Waals surface area (Å²) >= 11 is 0. The molecule has 4 heteroatoms. The minimum atomic E-state index is 0.476. The fourth-order valence-corrected chi connectivity index (χ4v) is 2.44. The zero-order valence-electron chi connectivity index (χ0n) is 13.8. The maximum atomic E-state index is 9.34. The number of anilines is 1. The van der Waals surface area contributed by atoms with Crippen LogP contribution >= 0.6 is 0 Å². The normalized spacial score (nSPS) is 9.76. The summed E-state index contributed by atoms with van der Waals surface area (Å²) in [5, 5.41) is 13.9. The zero-order chi connectivity index (χ0) is 17.5. The molecule has 3 aromatic carbocycles. The van der Waals surface area contributed by atoms with Crippen LogP contribution in [0.3, 0.4) is 0 Å². The van der Waals surface area contributed by atoms with Crippen LogP contribution in [0, 0.1) is 11.3 Å². The lowest BCUT2D eigenvalue weighted by Gasteiger charge is -2.10. The topological polar surface area (TPSA) is 57.4 Å². The van der Waals surface area contributed by atoms with Crippen LogP contribution in [0.2, 0.25) is 0 Å². The van der Waals surface area contributed by atoms with E-state index >= 15 is 0 Å². The molecular weight excluding hydrogens is 310 g/mol. The molecule has 0 radical (unpaired) electrons. The summed E-state index contributed by atoms with van der Waals surface area (Å²) in [5.74, 6) is 0.637. The summed E-state index contributed by atoms with van der Waals surface area (Å²) in [4.78, 5) is 0. The summed E-state index contributed by atoms with van der Waals surface area (Å²) < 4.78 is 5.16. The highest BCUT2D eigenvalue weighted by Crippen LogP contribution is 2.22. The number of hydrazone groups is 1. The summed E-state index contributed by atoms with van der Waals surface area (Å²) in [6.45, 7) is 0. The smallest absolute Gasteiger partial charge is 0.120 e. The molecule has 3 rings (SSSR count). The molecule has 0 saturated heterocycles. The summed E-state index contributed by atoms with van der Waals surface area (Å²) in [6.07, 6.45) is 0. The molecule has 0 aliphatic rings. The van der Waals surface area contributed by atoms with Gasteiger partial charge in [0.1, 0.15) is 11.8 Å². The van der Waals surface area contributed by atoms with Gasteiger partial charge in [0.05, 0.1) is 24.1 Å². The van der Waals surface area contributed by atoms with Crippen molar-refractivity contribution >= 4 is 11.4 Å². The van der Waals surface area contributed by atoms with E-state index in [-0.39, 0.29) is 0 Å². The molecule has 0 bridgehead atoms. The van der Waals surface area contributed by atoms with Crippen molar-refractivity contribution in [2.75, 3.05) is 12.5 Å². The zero-order valence-corrected chi connectivity index (χ0v) is 13.8. The molecule has 25 heavy (non-hydrogen) atoms. The Morgan fingerprint density at radius 2 is 1.52 bits per heavy atom. The average molecular weight is 327 g/mol. The molecule has 1 N–H and O–H groups in total. The first-order valence-corrected chi connectivity index (χ1v) is 7.84. The number of nitriles is 1. The second-order valence-electron chi connectivity index (χ2n) is 5.33. The lowest BCUT2D eigenvalue weighted by atomic mass is 10.0. The molecular formula is C21H17N3O. The first kappa shape index (κ1) is 16.3. The van der Waals surface area contributed by atoms with Gasteiger partial charge in [-0.05, 0) is 12.1 Å². The van der Waals surface area contributed by atoms with Crippen molar-refractivity contribution in [1.29, 1.82) is 5.26 Å². The summed E-state index contributed by atoms with van der Waals surface area (Å²) in [7, 11) is 1.57. The van der Waals surface area contributed by atoms with Crippen LogP contribution in [0.1, 0.15) is 16.7 Å². The number of methoxy groups -OCH3 is 1. The van der Waals surface area contributed by atoms with Gasteiger partial charge in [-0.25, -0.2) is 0 Å². The fourth-order valence-electron chi connectivity index (χ4n) is 2.44. The van der Waals surface area contributed by atoms with Gasteiger partial charge in [-0.3, -0.25) is 5.43 Å². The predicted molar refractivity (Wildman–Crippen MR) is 99.9 cm³/mol. The van der Waals surface area contributed by atoms with Crippen LogP contribution in [-0.4, -0.2) is 12.8 Å². The van der Waals surface area contributed by atoms with E-state index in [1.165, 1.54) is 0 Å². The van der Waals surface area contributed by atoms with Gasteiger partial charge >= 0.3 is 0 Å². The van der Waals surface area contributed by atoms with Gasteiger partial charge in [0.2, 0.25) is 0 Å². The quantitative estimate of drug-likeness (QED) is 0.557. The molecule has 3 aromatic rings. The van der Waals surface area contributed by atoms with E-state index in [1.807, 2.05) is 60.7 Å². The van der Waals surface area contributed by atoms with E-state index in [1.54, 1.807) is 25.3 Å². The Balaban J connectivity index is 1.99. The van der Waals surface area contributed by atoms with Crippen molar-refractivity contribution < 1.29 is 4.74 Å². The molecule has 0 aliphatic heterocycles. The molecule has 4 nitrogen and oxygen atoms in total. The molecule has 0 aromatic heterocycles.